The summed E-state index contributed by atoms with van der Waals surface area (Å²) in [5, 5.41) is 2.83. The maximum absolute atomic E-state index is 11.7. The summed E-state index contributed by atoms with van der Waals surface area (Å²) < 4.78 is 5.43. The number of nitrogens with one attached hydrogen (secondary N) is 1. The molecule has 106 valence electrons. The highest BCUT2D eigenvalue weighted by atomic mass is 16.5. The molecule has 1 rings (SSSR count). The Kier molecular flexibility index (Phi) is 4.75. The predicted molar refractivity (Wildman–Crippen MR) is 79.5 cm³/mol. The van der Waals surface area contributed by atoms with Crippen molar-refractivity contribution in [3.63, 3.8) is 0 Å². The van der Waals surface area contributed by atoms with E-state index in [0.29, 0.717) is 0 Å². The van der Waals surface area contributed by atoms with Crippen molar-refractivity contribution < 1.29 is 9.53 Å². The number of amides is 1. The van der Waals surface area contributed by atoms with Gasteiger partial charge < -0.3 is 10.1 Å². The van der Waals surface area contributed by atoms with Gasteiger partial charge in [-0.05, 0) is 43.9 Å². The molecule has 0 bridgehead atoms. The van der Waals surface area contributed by atoms with Crippen molar-refractivity contribution in [3.05, 3.63) is 29.8 Å². The Morgan fingerprint density at radius 1 is 1.05 bits per heavy atom. The van der Waals surface area contributed by atoms with Crippen molar-refractivity contribution in [3.8, 4) is 0 Å². The Hall–Kier alpha value is -1.35. The fourth-order valence-corrected chi connectivity index (χ4v) is 1.53. The number of ether oxygens (including phenoxy) is 1. The van der Waals surface area contributed by atoms with Crippen LogP contribution in [0.5, 0.6) is 0 Å². The Morgan fingerprint density at radius 2 is 1.58 bits per heavy atom. The molecule has 0 aliphatic rings. The van der Waals surface area contributed by atoms with Crippen molar-refractivity contribution in [1.29, 1.82) is 0 Å². The van der Waals surface area contributed by atoms with E-state index in [1.807, 2.05) is 45.0 Å². The minimum Gasteiger partial charge on any atom is -0.366 e. The zero-order valence-corrected chi connectivity index (χ0v) is 12.8. The zero-order valence-electron chi connectivity index (χ0n) is 12.8. The first-order valence-electron chi connectivity index (χ1n) is 6.62. The summed E-state index contributed by atoms with van der Waals surface area (Å²) in [5.41, 5.74) is 1.87. The van der Waals surface area contributed by atoms with Crippen molar-refractivity contribution in [2.24, 2.45) is 0 Å². The van der Waals surface area contributed by atoms with Gasteiger partial charge in [0.25, 0.3) is 0 Å². The largest absolute Gasteiger partial charge is 0.366 e. The van der Waals surface area contributed by atoms with E-state index in [9.17, 15) is 4.79 Å². The molecular weight excluding hydrogens is 238 g/mol. The van der Waals surface area contributed by atoms with Crippen molar-refractivity contribution in [2.75, 3.05) is 11.9 Å². The van der Waals surface area contributed by atoms with Gasteiger partial charge in [-0.1, -0.05) is 32.9 Å². The Labute approximate surface area is 116 Å². The van der Waals surface area contributed by atoms with E-state index in [4.69, 9.17) is 4.74 Å². The number of hydrogen-bond acceptors (Lipinski definition) is 2. The summed E-state index contributed by atoms with van der Waals surface area (Å²) in [7, 11) is 0. The maximum atomic E-state index is 11.7. The van der Waals surface area contributed by atoms with Crippen LogP contribution in [0.1, 0.15) is 47.1 Å². The molecule has 1 amide bonds. The molecule has 1 aromatic rings. The van der Waals surface area contributed by atoms with E-state index in [1.54, 1.807) is 0 Å². The number of carbonyl (C=O) groups excluding carboxylic acids is 1. The molecule has 3 nitrogen and oxygen atoms in total. The standard InChI is InChI=1S/C16H25NO2/c1-15(2,3)12-7-9-13(10-8-12)17-14(18)11-19-16(4,5)6/h7-10H,11H2,1-6H3,(H,17,18). The zero-order chi connectivity index (χ0) is 14.7. The van der Waals surface area contributed by atoms with Crippen LogP contribution in [0.25, 0.3) is 0 Å². The Balaban J connectivity index is 2.56. The molecule has 0 aliphatic heterocycles. The van der Waals surface area contributed by atoms with Crippen molar-refractivity contribution >= 4 is 11.6 Å². The van der Waals surface area contributed by atoms with Crippen LogP contribution in [0.3, 0.4) is 0 Å². The van der Waals surface area contributed by atoms with Crippen LogP contribution in [0, 0.1) is 0 Å². The van der Waals surface area contributed by atoms with Crippen LogP contribution in [0.15, 0.2) is 24.3 Å². The van der Waals surface area contributed by atoms with Gasteiger partial charge in [0.1, 0.15) is 6.61 Å². The molecule has 19 heavy (non-hydrogen) atoms. The Bertz CT molecular complexity index is 422. The molecule has 0 heterocycles. The van der Waals surface area contributed by atoms with Crippen LogP contribution in [0.2, 0.25) is 0 Å². The summed E-state index contributed by atoms with van der Waals surface area (Å²) in [6.07, 6.45) is 0. The van der Waals surface area contributed by atoms with Crippen LogP contribution < -0.4 is 5.32 Å². The van der Waals surface area contributed by atoms with Crippen LogP contribution in [-0.4, -0.2) is 18.1 Å². The highest BCUT2D eigenvalue weighted by Gasteiger charge is 2.14. The van der Waals surface area contributed by atoms with Gasteiger partial charge in [-0.25, -0.2) is 0 Å². The van der Waals surface area contributed by atoms with E-state index in [-0.39, 0.29) is 23.5 Å². The second-order valence-electron chi connectivity index (χ2n) is 6.78. The second kappa shape index (κ2) is 5.74. The van der Waals surface area contributed by atoms with Gasteiger partial charge in [0.2, 0.25) is 5.91 Å². The molecule has 0 aromatic heterocycles. The van der Waals surface area contributed by atoms with Gasteiger partial charge >= 0.3 is 0 Å². The smallest absolute Gasteiger partial charge is 0.250 e. The number of rotatable bonds is 3. The molecule has 1 aromatic carbocycles. The van der Waals surface area contributed by atoms with Gasteiger partial charge in [0.05, 0.1) is 5.60 Å². The number of carbonyl (C=O) groups is 1. The SMILES string of the molecule is CC(C)(C)OCC(=O)Nc1ccc(C(C)(C)C)cc1. The third kappa shape index (κ3) is 5.88. The lowest BCUT2D eigenvalue weighted by molar-refractivity contribution is -0.125. The van der Waals surface area contributed by atoms with Crippen LogP contribution in [0.4, 0.5) is 5.69 Å². The quantitative estimate of drug-likeness (QED) is 0.902. The fourth-order valence-electron chi connectivity index (χ4n) is 1.53. The first-order chi connectivity index (χ1) is 8.58. The minimum atomic E-state index is -0.298. The Morgan fingerprint density at radius 3 is 2.00 bits per heavy atom. The van der Waals surface area contributed by atoms with E-state index in [1.165, 1.54) is 5.56 Å². The van der Waals surface area contributed by atoms with Gasteiger partial charge in [0.15, 0.2) is 0 Å². The lowest BCUT2D eigenvalue weighted by Gasteiger charge is -2.20. The molecule has 0 unspecified atom stereocenters. The van der Waals surface area contributed by atoms with E-state index in [2.05, 4.69) is 26.1 Å². The van der Waals surface area contributed by atoms with Gasteiger partial charge in [-0.15, -0.1) is 0 Å². The first-order valence-corrected chi connectivity index (χ1v) is 6.62. The fraction of sp³-hybridized carbons (Fsp3) is 0.562. The van der Waals surface area contributed by atoms with Crippen LogP contribution >= 0.6 is 0 Å². The molecule has 0 saturated heterocycles. The van der Waals surface area contributed by atoms with Crippen molar-refractivity contribution in [2.45, 2.75) is 52.6 Å². The summed E-state index contributed by atoms with van der Waals surface area (Å²) in [4.78, 5) is 11.7. The predicted octanol–water partition coefficient (Wildman–Crippen LogP) is 3.74. The van der Waals surface area contributed by atoms with Gasteiger partial charge in [-0.2, -0.15) is 0 Å². The average molecular weight is 263 g/mol. The molecule has 0 atom stereocenters. The van der Waals surface area contributed by atoms with E-state index >= 15 is 0 Å². The molecule has 0 radical (unpaired) electrons. The monoisotopic (exact) mass is 263 g/mol. The second-order valence-corrected chi connectivity index (χ2v) is 6.78. The van der Waals surface area contributed by atoms with E-state index in [0.717, 1.165) is 5.69 Å². The first kappa shape index (κ1) is 15.7. The molecule has 0 aliphatic carbocycles. The minimum absolute atomic E-state index is 0.0739. The van der Waals surface area contributed by atoms with Gasteiger partial charge in [-0.3, -0.25) is 4.79 Å². The number of hydrogen-bond donors (Lipinski definition) is 1. The third-order valence-electron chi connectivity index (χ3n) is 2.67. The highest BCUT2D eigenvalue weighted by molar-refractivity contribution is 5.91. The summed E-state index contributed by atoms with van der Waals surface area (Å²) in [6, 6.07) is 7.94. The lowest BCUT2D eigenvalue weighted by Crippen LogP contribution is -2.27. The summed E-state index contributed by atoms with van der Waals surface area (Å²) in [5.74, 6) is -0.126. The highest BCUT2D eigenvalue weighted by Crippen LogP contribution is 2.23. The topological polar surface area (TPSA) is 38.3 Å². The summed E-state index contributed by atoms with van der Waals surface area (Å²) >= 11 is 0. The lowest BCUT2D eigenvalue weighted by atomic mass is 9.87. The van der Waals surface area contributed by atoms with E-state index < -0.39 is 0 Å². The molecule has 0 saturated carbocycles. The van der Waals surface area contributed by atoms with Gasteiger partial charge in [0, 0.05) is 5.69 Å². The molecule has 0 spiro atoms. The maximum Gasteiger partial charge on any atom is 0.250 e. The van der Waals surface area contributed by atoms with Crippen LogP contribution in [-0.2, 0) is 14.9 Å². The summed E-state index contributed by atoms with van der Waals surface area (Å²) in [6.45, 7) is 12.4. The molecule has 3 heteroatoms. The normalized spacial score (nSPS) is 12.3. The number of anilines is 1. The molecule has 0 fully saturated rings. The number of benzene rings is 1. The average Bonchev–Trinajstić information content (AvgIpc) is 2.25. The molecule has 1 N–H and O–H groups in total. The third-order valence-corrected chi connectivity index (χ3v) is 2.67. The van der Waals surface area contributed by atoms with Crippen molar-refractivity contribution in [1.82, 2.24) is 0 Å². The molecular formula is C16H25NO2.